The molecule has 3 N–H and O–H groups in total. The van der Waals surface area contributed by atoms with Gasteiger partial charge in [0.1, 0.15) is 11.0 Å². The molecule has 3 rings (SSSR count). The maximum Gasteiger partial charge on any atom is 0.259 e. The van der Waals surface area contributed by atoms with Crippen LogP contribution in [0.2, 0.25) is 10.4 Å². The second-order valence-electron chi connectivity index (χ2n) is 4.09. The number of rotatable bonds is 2. The smallest absolute Gasteiger partial charge is 0.259 e. The van der Waals surface area contributed by atoms with Crippen LogP contribution in [0, 0.1) is 0 Å². The Balaban J connectivity index is 1.89. The lowest BCUT2D eigenvalue weighted by molar-refractivity contribution is 0.102. The second kappa shape index (κ2) is 5.27. The Kier molecular flexibility index (Phi) is 3.44. The number of nitrogens with one attached hydrogen (secondary N) is 1. The van der Waals surface area contributed by atoms with E-state index in [1.165, 1.54) is 18.2 Å². The molecular formula is C12H8Cl2N4O3. The van der Waals surface area contributed by atoms with E-state index in [0.717, 1.165) is 0 Å². The van der Waals surface area contributed by atoms with Crippen molar-refractivity contribution in [2.45, 2.75) is 0 Å². The first-order valence-electron chi connectivity index (χ1n) is 5.73. The number of halogens is 2. The van der Waals surface area contributed by atoms with Gasteiger partial charge in [-0.1, -0.05) is 11.6 Å². The minimum absolute atomic E-state index is 0.0727. The summed E-state index contributed by atoms with van der Waals surface area (Å²) in [5, 5.41) is 2.58. The number of nitrogen functional groups attached to an aromatic ring is 1. The molecular weight excluding hydrogens is 319 g/mol. The van der Waals surface area contributed by atoms with E-state index in [2.05, 4.69) is 15.3 Å². The number of benzene rings is 1. The highest BCUT2D eigenvalue weighted by molar-refractivity contribution is 6.32. The minimum atomic E-state index is -0.475. The van der Waals surface area contributed by atoms with Crippen LogP contribution >= 0.6 is 23.2 Å². The first-order chi connectivity index (χ1) is 10.0. The number of hydrogen-bond donors (Lipinski definition) is 2. The molecule has 0 atom stereocenters. The van der Waals surface area contributed by atoms with Crippen molar-refractivity contribution < 1.29 is 14.3 Å². The fourth-order valence-electron chi connectivity index (χ4n) is 1.79. The topological polar surface area (TPSA) is 99.4 Å². The Morgan fingerprint density at radius 3 is 2.62 bits per heavy atom. The lowest BCUT2D eigenvalue weighted by Gasteiger charge is -2.08. The second-order valence-corrected chi connectivity index (χ2v) is 4.82. The van der Waals surface area contributed by atoms with Gasteiger partial charge in [-0.25, -0.2) is 9.97 Å². The summed E-state index contributed by atoms with van der Waals surface area (Å²) in [6, 6.07) is 4.39. The van der Waals surface area contributed by atoms with Gasteiger partial charge in [-0.3, -0.25) is 4.79 Å². The summed E-state index contributed by atoms with van der Waals surface area (Å²) in [6.07, 6.45) is 0. The quantitative estimate of drug-likeness (QED) is 0.499. The van der Waals surface area contributed by atoms with E-state index >= 15 is 0 Å². The van der Waals surface area contributed by atoms with Gasteiger partial charge in [0.25, 0.3) is 5.91 Å². The van der Waals surface area contributed by atoms with Crippen LogP contribution in [-0.4, -0.2) is 22.7 Å². The van der Waals surface area contributed by atoms with Gasteiger partial charge in [-0.05, 0) is 17.7 Å². The highest BCUT2D eigenvalue weighted by Crippen LogP contribution is 2.36. The molecule has 0 bridgehead atoms. The number of anilines is 2. The van der Waals surface area contributed by atoms with Crippen LogP contribution in [0.4, 0.5) is 11.5 Å². The third-order valence-electron chi connectivity index (χ3n) is 2.70. The van der Waals surface area contributed by atoms with Crippen LogP contribution < -0.4 is 20.5 Å². The van der Waals surface area contributed by atoms with Crippen molar-refractivity contribution in [3.8, 4) is 11.5 Å². The molecule has 2 heterocycles. The summed E-state index contributed by atoms with van der Waals surface area (Å²) in [6.45, 7) is 0.0942. The van der Waals surface area contributed by atoms with Crippen LogP contribution in [0.3, 0.4) is 0 Å². The molecule has 7 nitrogen and oxygen atoms in total. The number of amides is 1. The third-order valence-corrected chi connectivity index (χ3v) is 3.06. The standard InChI is InChI=1S/C12H8Cl2N4O3/c13-9-3-10(18-12(14)16-9)17-11(19)5-1-7-8(2-6(5)15)21-4-20-7/h1-3H,4,15H2,(H,16,17,18,19). The number of ether oxygens (including phenoxy) is 2. The molecule has 1 aromatic heterocycles. The number of aromatic nitrogens is 2. The minimum Gasteiger partial charge on any atom is -0.454 e. The molecule has 0 saturated heterocycles. The molecule has 1 aromatic carbocycles. The first kappa shape index (κ1) is 13.7. The predicted molar refractivity (Wildman–Crippen MR) is 77.0 cm³/mol. The lowest BCUT2D eigenvalue weighted by atomic mass is 10.1. The highest BCUT2D eigenvalue weighted by atomic mass is 35.5. The summed E-state index contributed by atoms with van der Waals surface area (Å²) < 4.78 is 10.4. The average molecular weight is 327 g/mol. The lowest BCUT2D eigenvalue weighted by Crippen LogP contribution is -2.15. The van der Waals surface area contributed by atoms with Gasteiger partial charge in [0, 0.05) is 17.8 Å². The Hall–Kier alpha value is -2.25. The van der Waals surface area contributed by atoms with E-state index < -0.39 is 5.91 Å². The molecule has 21 heavy (non-hydrogen) atoms. The van der Waals surface area contributed by atoms with Crippen molar-refractivity contribution in [3.05, 3.63) is 34.2 Å². The summed E-state index contributed by atoms with van der Waals surface area (Å²) in [4.78, 5) is 19.8. The van der Waals surface area contributed by atoms with E-state index in [0.29, 0.717) is 11.5 Å². The molecule has 9 heteroatoms. The van der Waals surface area contributed by atoms with Gasteiger partial charge in [-0.2, -0.15) is 0 Å². The Morgan fingerprint density at radius 1 is 1.19 bits per heavy atom. The maximum absolute atomic E-state index is 12.2. The Morgan fingerprint density at radius 2 is 1.90 bits per heavy atom. The zero-order chi connectivity index (χ0) is 15.0. The Bertz CT molecular complexity index is 718. The summed E-state index contributed by atoms with van der Waals surface area (Å²) >= 11 is 11.4. The van der Waals surface area contributed by atoms with Gasteiger partial charge < -0.3 is 20.5 Å². The first-order valence-corrected chi connectivity index (χ1v) is 6.49. The van der Waals surface area contributed by atoms with Crippen molar-refractivity contribution in [3.63, 3.8) is 0 Å². The zero-order valence-corrected chi connectivity index (χ0v) is 11.9. The maximum atomic E-state index is 12.2. The van der Waals surface area contributed by atoms with E-state index in [-0.39, 0.29) is 34.3 Å². The number of carbonyl (C=O) groups is 1. The molecule has 0 aliphatic carbocycles. The number of nitrogens with two attached hydrogens (primary N) is 1. The average Bonchev–Trinajstić information content (AvgIpc) is 2.83. The van der Waals surface area contributed by atoms with Crippen molar-refractivity contribution in [2.75, 3.05) is 17.8 Å². The molecule has 0 saturated carbocycles. The van der Waals surface area contributed by atoms with E-state index in [4.69, 9.17) is 38.4 Å². The highest BCUT2D eigenvalue weighted by Gasteiger charge is 2.20. The van der Waals surface area contributed by atoms with E-state index in [9.17, 15) is 4.79 Å². The molecule has 0 unspecified atom stereocenters. The molecule has 0 fully saturated rings. The molecule has 0 radical (unpaired) electrons. The van der Waals surface area contributed by atoms with Crippen LogP contribution in [0.25, 0.3) is 0 Å². The van der Waals surface area contributed by atoms with Crippen LogP contribution in [0.15, 0.2) is 18.2 Å². The van der Waals surface area contributed by atoms with Crippen LogP contribution in [0.5, 0.6) is 11.5 Å². The molecule has 108 valence electrons. The van der Waals surface area contributed by atoms with Gasteiger partial charge in [0.15, 0.2) is 11.5 Å². The SMILES string of the molecule is Nc1cc2c(cc1C(=O)Nc1cc(Cl)nc(Cl)n1)OCO2. The van der Waals surface area contributed by atoms with Crippen molar-refractivity contribution in [1.29, 1.82) is 0 Å². The number of hydrogen-bond acceptors (Lipinski definition) is 6. The predicted octanol–water partition coefficient (Wildman–Crippen LogP) is 2.35. The van der Waals surface area contributed by atoms with Gasteiger partial charge in [0.2, 0.25) is 12.1 Å². The summed E-state index contributed by atoms with van der Waals surface area (Å²) in [7, 11) is 0. The number of carbonyl (C=O) groups excluding carboxylic acids is 1. The molecule has 1 aliphatic heterocycles. The normalized spacial score (nSPS) is 12.3. The fraction of sp³-hybridized carbons (Fsp3) is 0.0833. The molecule has 1 aliphatic rings. The largest absolute Gasteiger partial charge is 0.454 e. The van der Waals surface area contributed by atoms with E-state index in [1.807, 2.05) is 0 Å². The van der Waals surface area contributed by atoms with Crippen molar-refractivity contribution in [2.24, 2.45) is 0 Å². The van der Waals surface area contributed by atoms with Gasteiger partial charge in [0.05, 0.1) is 5.56 Å². The van der Waals surface area contributed by atoms with E-state index in [1.54, 1.807) is 0 Å². The molecule has 1 amide bonds. The fourth-order valence-corrected chi connectivity index (χ4v) is 2.20. The third kappa shape index (κ3) is 2.79. The number of nitrogens with zero attached hydrogens (tertiary/aromatic N) is 2. The van der Waals surface area contributed by atoms with Gasteiger partial charge >= 0.3 is 0 Å². The van der Waals surface area contributed by atoms with Crippen LogP contribution in [-0.2, 0) is 0 Å². The summed E-state index contributed by atoms with van der Waals surface area (Å²) in [5.74, 6) is 0.643. The van der Waals surface area contributed by atoms with Gasteiger partial charge in [-0.15, -0.1) is 0 Å². The summed E-state index contributed by atoms with van der Waals surface area (Å²) in [5.41, 5.74) is 6.31. The van der Waals surface area contributed by atoms with Crippen molar-refractivity contribution in [1.82, 2.24) is 9.97 Å². The van der Waals surface area contributed by atoms with Crippen LogP contribution in [0.1, 0.15) is 10.4 Å². The van der Waals surface area contributed by atoms with Crippen molar-refractivity contribution >= 4 is 40.6 Å². The Labute approximate surface area is 129 Å². The molecule has 2 aromatic rings. The number of fused-ring (bicyclic) bond motifs is 1. The zero-order valence-electron chi connectivity index (χ0n) is 10.4. The monoisotopic (exact) mass is 326 g/mol. The molecule has 0 spiro atoms.